The Balaban J connectivity index is 1.79. The van der Waals surface area contributed by atoms with Crippen LogP contribution in [0.4, 0.5) is 0 Å². The molecule has 0 aliphatic heterocycles. The Bertz CT molecular complexity index is 771. The van der Waals surface area contributed by atoms with Crippen LogP contribution >= 0.6 is 22.9 Å². The van der Waals surface area contributed by atoms with Gasteiger partial charge < -0.3 is 4.74 Å². The van der Waals surface area contributed by atoms with Crippen molar-refractivity contribution in [2.24, 2.45) is 0 Å². The van der Waals surface area contributed by atoms with E-state index in [0.29, 0.717) is 16.1 Å². The highest BCUT2D eigenvalue weighted by Gasteiger charge is 2.15. The minimum Gasteiger partial charge on any atom is -0.452 e. The molecule has 6 nitrogen and oxygen atoms in total. The normalized spacial score (nSPS) is 10.1. The van der Waals surface area contributed by atoms with Crippen molar-refractivity contribution in [2.45, 2.75) is 13.8 Å². The lowest BCUT2D eigenvalue weighted by molar-refractivity contribution is -0.125. The van der Waals surface area contributed by atoms with Crippen LogP contribution in [0.2, 0.25) is 5.02 Å². The van der Waals surface area contributed by atoms with E-state index in [0.717, 1.165) is 9.75 Å². The standard InChI is InChI=1S/C16H15ClN2O4S/c1-9-7-13(10(2)24-9)16(22)23-8-14(20)18-19-15(21)11-3-5-12(17)6-4-11/h3-7H,8H2,1-2H3,(H,18,20)(H,19,21). The first-order chi connectivity index (χ1) is 11.4. The summed E-state index contributed by atoms with van der Waals surface area (Å²) < 4.78 is 4.92. The van der Waals surface area contributed by atoms with Crippen molar-refractivity contribution in [3.8, 4) is 0 Å². The van der Waals surface area contributed by atoms with Crippen LogP contribution in [0.1, 0.15) is 30.5 Å². The number of carbonyl (C=O) groups excluding carboxylic acids is 3. The highest BCUT2D eigenvalue weighted by atomic mass is 35.5. The monoisotopic (exact) mass is 366 g/mol. The van der Waals surface area contributed by atoms with E-state index >= 15 is 0 Å². The molecule has 2 rings (SSSR count). The van der Waals surface area contributed by atoms with E-state index in [-0.39, 0.29) is 0 Å². The number of hydrazine groups is 1. The molecule has 0 unspecified atom stereocenters. The second-order valence-corrected chi connectivity index (χ2v) is 6.81. The molecule has 0 spiro atoms. The van der Waals surface area contributed by atoms with E-state index in [1.165, 1.54) is 23.5 Å². The third-order valence-corrected chi connectivity index (χ3v) is 4.24. The van der Waals surface area contributed by atoms with Gasteiger partial charge in [0.1, 0.15) is 0 Å². The van der Waals surface area contributed by atoms with Crippen LogP contribution in [-0.4, -0.2) is 24.4 Å². The molecular weight excluding hydrogens is 352 g/mol. The molecule has 1 heterocycles. The first-order valence-corrected chi connectivity index (χ1v) is 8.15. The number of amides is 2. The molecule has 0 radical (unpaired) electrons. The third-order valence-electron chi connectivity index (χ3n) is 3.02. The number of ether oxygens (including phenoxy) is 1. The fraction of sp³-hybridized carbons (Fsp3) is 0.188. The van der Waals surface area contributed by atoms with Gasteiger partial charge in [-0.25, -0.2) is 4.79 Å². The van der Waals surface area contributed by atoms with Gasteiger partial charge in [-0.15, -0.1) is 11.3 Å². The lowest BCUT2D eigenvalue weighted by Crippen LogP contribution is -2.43. The summed E-state index contributed by atoms with van der Waals surface area (Å²) in [5.74, 6) is -1.72. The largest absolute Gasteiger partial charge is 0.452 e. The van der Waals surface area contributed by atoms with Crippen molar-refractivity contribution >= 4 is 40.7 Å². The first-order valence-electron chi connectivity index (χ1n) is 6.95. The molecule has 1 aromatic carbocycles. The zero-order valence-electron chi connectivity index (χ0n) is 13.0. The molecule has 0 aliphatic carbocycles. The van der Waals surface area contributed by atoms with Crippen LogP contribution < -0.4 is 10.9 Å². The molecule has 1 aromatic heterocycles. The van der Waals surface area contributed by atoms with Crippen molar-refractivity contribution in [2.75, 3.05) is 6.61 Å². The minimum absolute atomic E-state index is 0.334. The molecule has 0 fully saturated rings. The van der Waals surface area contributed by atoms with Crippen molar-refractivity contribution < 1.29 is 19.1 Å². The number of benzene rings is 1. The summed E-state index contributed by atoms with van der Waals surface area (Å²) in [5, 5.41) is 0.501. The van der Waals surface area contributed by atoms with Gasteiger partial charge in [0, 0.05) is 20.3 Å². The van der Waals surface area contributed by atoms with Crippen LogP contribution in [0.25, 0.3) is 0 Å². The van der Waals surface area contributed by atoms with E-state index in [2.05, 4.69) is 10.9 Å². The molecule has 2 N–H and O–H groups in total. The number of carbonyl (C=O) groups is 3. The molecule has 0 saturated heterocycles. The average Bonchev–Trinajstić information content (AvgIpc) is 2.89. The fourth-order valence-electron chi connectivity index (χ4n) is 1.88. The van der Waals surface area contributed by atoms with Crippen LogP contribution in [-0.2, 0) is 9.53 Å². The highest BCUT2D eigenvalue weighted by molar-refractivity contribution is 7.12. The molecule has 8 heteroatoms. The summed E-state index contributed by atoms with van der Waals surface area (Å²) >= 11 is 7.21. The van der Waals surface area contributed by atoms with Gasteiger partial charge in [0.15, 0.2) is 6.61 Å². The van der Waals surface area contributed by atoms with E-state index < -0.39 is 24.4 Å². The van der Waals surface area contributed by atoms with Crippen LogP contribution in [0, 0.1) is 13.8 Å². The second kappa shape index (κ2) is 7.94. The minimum atomic E-state index is -0.643. The summed E-state index contributed by atoms with van der Waals surface area (Å²) in [6.07, 6.45) is 0. The van der Waals surface area contributed by atoms with Crippen LogP contribution in [0.15, 0.2) is 30.3 Å². The Morgan fingerprint density at radius 2 is 1.79 bits per heavy atom. The number of halogens is 1. The summed E-state index contributed by atoms with van der Waals surface area (Å²) in [6.45, 7) is 3.20. The SMILES string of the molecule is Cc1cc(C(=O)OCC(=O)NNC(=O)c2ccc(Cl)cc2)c(C)s1. The maximum Gasteiger partial charge on any atom is 0.339 e. The molecule has 24 heavy (non-hydrogen) atoms. The maximum atomic E-state index is 11.9. The smallest absolute Gasteiger partial charge is 0.339 e. The van der Waals surface area contributed by atoms with Crippen LogP contribution in [0.5, 0.6) is 0 Å². The van der Waals surface area contributed by atoms with Gasteiger partial charge in [0.2, 0.25) is 0 Å². The molecule has 0 aliphatic rings. The van der Waals surface area contributed by atoms with Gasteiger partial charge >= 0.3 is 5.97 Å². The zero-order chi connectivity index (χ0) is 17.7. The quantitative estimate of drug-likeness (QED) is 0.643. The molecule has 0 saturated carbocycles. The van der Waals surface area contributed by atoms with Crippen LogP contribution in [0.3, 0.4) is 0 Å². The molecule has 2 aromatic rings. The number of hydrogen-bond acceptors (Lipinski definition) is 5. The molecule has 0 atom stereocenters. The summed E-state index contributed by atoms with van der Waals surface area (Å²) in [6, 6.07) is 7.87. The lowest BCUT2D eigenvalue weighted by atomic mass is 10.2. The Morgan fingerprint density at radius 1 is 1.12 bits per heavy atom. The number of rotatable bonds is 4. The van der Waals surface area contributed by atoms with Crippen molar-refractivity contribution in [3.63, 3.8) is 0 Å². The fourth-order valence-corrected chi connectivity index (χ4v) is 2.92. The molecular formula is C16H15ClN2O4S. The third kappa shape index (κ3) is 4.81. The van der Waals surface area contributed by atoms with Gasteiger partial charge in [-0.1, -0.05) is 11.6 Å². The number of nitrogens with one attached hydrogen (secondary N) is 2. The molecule has 126 valence electrons. The molecule has 2 amide bonds. The lowest BCUT2D eigenvalue weighted by Gasteiger charge is -2.08. The van der Waals surface area contributed by atoms with Gasteiger partial charge in [-0.05, 0) is 44.2 Å². The van der Waals surface area contributed by atoms with Gasteiger partial charge in [0.25, 0.3) is 11.8 Å². The van der Waals surface area contributed by atoms with Crippen molar-refractivity contribution in [1.29, 1.82) is 0 Å². The van der Waals surface area contributed by atoms with E-state index in [9.17, 15) is 14.4 Å². The molecule has 0 bridgehead atoms. The van der Waals surface area contributed by atoms with E-state index in [1.807, 2.05) is 6.92 Å². The Kier molecular flexibility index (Phi) is 5.94. The van der Waals surface area contributed by atoms with Crippen molar-refractivity contribution in [1.82, 2.24) is 10.9 Å². The highest BCUT2D eigenvalue weighted by Crippen LogP contribution is 2.21. The first kappa shape index (κ1) is 18.0. The zero-order valence-corrected chi connectivity index (χ0v) is 14.6. The average molecular weight is 367 g/mol. The Labute approximate surface area is 147 Å². The summed E-state index contributed by atoms with van der Waals surface area (Å²) in [5.41, 5.74) is 5.18. The number of esters is 1. The Hall–Kier alpha value is -2.38. The van der Waals surface area contributed by atoms with Crippen molar-refractivity contribution in [3.05, 3.63) is 56.2 Å². The van der Waals surface area contributed by atoms with Gasteiger partial charge in [-0.2, -0.15) is 0 Å². The maximum absolute atomic E-state index is 11.9. The van der Waals surface area contributed by atoms with Gasteiger partial charge in [0.05, 0.1) is 5.56 Å². The van der Waals surface area contributed by atoms with E-state index in [1.54, 1.807) is 25.1 Å². The number of hydrogen-bond donors (Lipinski definition) is 2. The number of thiophene rings is 1. The summed E-state index contributed by atoms with van der Waals surface area (Å²) in [4.78, 5) is 37.1. The van der Waals surface area contributed by atoms with E-state index in [4.69, 9.17) is 16.3 Å². The summed E-state index contributed by atoms with van der Waals surface area (Å²) in [7, 11) is 0. The predicted molar refractivity (Wildman–Crippen MR) is 91.1 cm³/mol. The van der Waals surface area contributed by atoms with Gasteiger partial charge in [-0.3, -0.25) is 20.4 Å². The number of aryl methyl sites for hydroxylation is 2. The topological polar surface area (TPSA) is 84.5 Å². The second-order valence-electron chi connectivity index (χ2n) is 4.91. The predicted octanol–water partition coefficient (Wildman–Crippen LogP) is 2.64. The Morgan fingerprint density at radius 3 is 2.38 bits per heavy atom.